The Hall–Kier alpha value is -3.49. The highest BCUT2D eigenvalue weighted by molar-refractivity contribution is 7.89. The van der Waals surface area contributed by atoms with Crippen molar-refractivity contribution in [2.75, 3.05) is 18.5 Å². The van der Waals surface area contributed by atoms with E-state index in [2.05, 4.69) is 5.32 Å². The average Bonchev–Trinajstić information content (AvgIpc) is 3.68. The summed E-state index contributed by atoms with van der Waals surface area (Å²) in [6.07, 6.45) is 1.48. The largest absolute Gasteiger partial charge is 0.465 e. The first-order valence-electron chi connectivity index (χ1n) is 11.5. The van der Waals surface area contributed by atoms with Crippen molar-refractivity contribution < 1.29 is 22.7 Å². The molecule has 4 rings (SSSR count). The molecule has 1 fully saturated rings. The van der Waals surface area contributed by atoms with E-state index in [0.717, 1.165) is 24.0 Å². The second kappa shape index (κ2) is 10.4. The van der Waals surface area contributed by atoms with E-state index in [1.165, 1.54) is 16.4 Å². The zero-order valence-electron chi connectivity index (χ0n) is 19.5. The first-order chi connectivity index (χ1) is 16.8. The van der Waals surface area contributed by atoms with Crippen LogP contribution in [0.5, 0.6) is 0 Å². The summed E-state index contributed by atoms with van der Waals surface area (Å²) < 4.78 is 33.0. The van der Waals surface area contributed by atoms with E-state index < -0.39 is 21.3 Å². The molecule has 8 heteroatoms. The molecule has 0 unspecified atom stereocenters. The molecule has 0 atom stereocenters. The van der Waals surface area contributed by atoms with Gasteiger partial charge in [0.1, 0.15) is 0 Å². The van der Waals surface area contributed by atoms with Crippen molar-refractivity contribution in [3.63, 3.8) is 0 Å². The second-order valence-electron chi connectivity index (χ2n) is 8.50. The van der Waals surface area contributed by atoms with Crippen LogP contribution in [0.15, 0.2) is 89.8 Å². The Kier molecular flexibility index (Phi) is 7.33. The molecule has 0 bridgehead atoms. The van der Waals surface area contributed by atoms with Gasteiger partial charge in [-0.05, 0) is 55.2 Å². The predicted octanol–water partition coefficient (Wildman–Crippen LogP) is 4.11. The van der Waals surface area contributed by atoms with Gasteiger partial charge >= 0.3 is 5.97 Å². The van der Waals surface area contributed by atoms with Gasteiger partial charge in [-0.2, -0.15) is 4.31 Å². The maximum absolute atomic E-state index is 13.3. The molecule has 3 aromatic carbocycles. The Bertz CT molecular complexity index is 1270. The van der Waals surface area contributed by atoms with Crippen molar-refractivity contribution in [1.29, 1.82) is 0 Å². The summed E-state index contributed by atoms with van der Waals surface area (Å²) in [5, 5.41) is 2.77. The molecule has 7 nitrogen and oxygen atoms in total. The van der Waals surface area contributed by atoms with Crippen LogP contribution in [-0.2, 0) is 36.3 Å². The number of nitrogens with one attached hydrogen (secondary N) is 1. The normalized spacial score (nSPS) is 14.3. The molecule has 1 saturated carbocycles. The summed E-state index contributed by atoms with van der Waals surface area (Å²) in [5.41, 5.74) is 1.56. The lowest BCUT2D eigenvalue weighted by Crippen LogP contribution is -2.37. The Labute approximate surface area is 205 Å². The van der Waals surface area contributed by atoms with Crippen molar-refractivity contribution in [2.24, 2.45) is 0 Å². The summed E-state index contributed by atoms with van der Waals surface area (Å²) in [4.78, 5) is 25.3. The minimum atomic E-state index is -3.90. The number of esters is 1. The first-order valence-corrected chi connectivity index (χ1v) is 13.0. The third kappa shape index (κ3) is 5.61. The molecule has 0 radical (unpaired) electrons. The zero-order chi connectivity index (χ0) is 24.9. The zero-order valence-corrected chi connectivity index (χ0v) is 20.3. The number of nitrogens with zero attached hydrogens (tertiary/aromatic N) is 1. The number of benzene rings is 3. The van der Waals surface area contributed by atoms with E-state index >= 15 is 0 Å². The van der Waals surface area contributed by atoms with Gasteiger partial charge in [0, 0.05) is 12.2 Å². The maximum Gasteiger partial charge on any atom is 0.316 e. The fourth-order valence-electron chi connectivity index (χ4n) is 3.99. The van der Waals surface area contributed by atoms with E-state index in [4.69, 9.17) is 4.74 Å². The highest BCUT2D eigenvalue weighted by atomic mass is 32.2. The number of ether oxygens (including phenoxy) is 1. The Morgan fingerprint density at radius 3 is 2.09 bits per heavy atom. The molecular weight excluding hydrogens is 464 g/mol. The van der Waals surface area contributed by atoms with Crippen LogP contribution in [0, 0.1) is 0 Å². The fourth-order valence-corrected chi connectivity index (χ4v) is 5.40. The quantitative estimate of drug-likeness (QED) is 0.430. The number of carbonyl (C=O) groups is 2. The van der Waals surface area contributed by atoms with Gasteiger partial charge in [0.15, 0.2) is 0 Å². The van der Waals surface area contributed by atoms with E-state index in [1.807, 2.05) is 42.5 Å². The van der Waals surface area contributed by atoms with Gasteiger partial charge < -0.3 is 10.1 Å². The molecule has 0 aliphatic heterocycles. The molecule has 1 amide bonds. The van der Waals surface area contributed by atoms with Gasteiger partial charge in [-0.25, -0.2) is 8.42 Å². The minimum Gasteiger partial charge on any atom is -0.465 e. The SMILES string of the molecule is CCOC(=O)C1(c2ccc(NC(=O)CN(Cc3ccccc3)S(=O)(=O)c3ccccc3)cc2)CC1. The topological polar surface area (TPSA) is 92.8 Å². The van der Waals surface area contributed by atoms with Crippen LogP contribution in [-0.4, -0.2) is 37.8 Å². The number of hydrogen-bond acceptors (Lipinski definition) is 5. The fraction of sp³-hybridized carbons (Fsp3) is 0.259. The molecule has 0 aromatic heterocycles. The van der Waals surface area contributed by atoms with Gasteiger partial charge in [-0.1, -0.05) is 60.7 Å². The lowest BCUT2D eigenvalue weighted by atomic mass is 9.96. The number of sulfonamides is 1. The Balaban J connectivity index is 1.49. The molecule has 1 aliphatic rings. The maximum atomic E-state index is 13.3. The second-order valence-corrected chi connectivity index (χ2v) is 10.4. The Morgan fingerprint density at radius 2 is 1.51 bits per heavy atom. The number of rotatable bonds is 10. The van der Waals surface area contributed by atoms with Gasteiger partial charge in [0.2, 0.25) is 15.9 Å². The first kappa shape index (κ1) is 24.6. The lowest BCUT2D eigenvalue weighted by Gasteiger charge is -2.22. The summed E-state index contributed by atoms with van der Waals surface area (Å²) in [6, 6.07) is 24.3. The number of anilines is 1. The van der Waals surface area contributed by atoms with Crippen molar-refractivity contribution >= 4 is 27.6 Å². The summed E-state index contributed by atoms with van der Waals surface area (Å²) in [5.74, 6) is -0.681. The number of amides is 1. The molecular formula is C27H28N2O5S. The van der Waals surface area contributed by atoms with Crippen LogP contribution in [0.1, 0.15) is 30.9 Å². The van der Waals surface area contributed by atoms with Crippen LogP contribution in [0.25, 0.3) is 0 Å². The van der Waals surface area contributed by atoms with Crippen LogP contribution in [0.4, 0.5) is 5.69 Å². The average molecular weight is 493 g/mol. The summed E-state index contributed by atoms with van der Waals surface area (Å²) in [7, 11) is -3.90. The monoisotopic (exact) mass is 492 g/mol. The van der Waals surface area contributed by atoms with Crippen LogP contribution >= 0.6 is 0 Å². The van der Waals surface area contributed by atoms with Gasteiger partial charge in [0.25, 0.3) is 0 Å². The van der Waals surface area contributed by atoms with Gasteiger partial charge in [-0.3, -0.25) is 9.59 Å². The van der Waals surface area contributed by atoms with E-state index in [-0.39, 0.29) is 24.0 Å². The van der Waals surface area contributed by atoms with E-state index in [9.17, 15) is 18.0 Å². The molecule has 0 spiro atoms. The van der Waals surface area contributed by atoms with Crippen molar-refractivity contribution in [3.05, 3.63) is 96.1 Å². The molecule has 1 aliphatic carbocycles. The highest BCUT2D eigenvalue weighted by Gasteiger charge is 2.52. The molecule has 35 heavy (non-hydrogen) atoms. The molecule has 3 aromatic rings. The standard InChI is InChI=1S/C27H28N2O5S/c1-2-34-26(31)27(17-18-27)22-13-15-23(16-14-22)28-25(30)20-29(19-21-9-5-3-6-10-21)35(32,33)24-11-7-4-8-12-24/h3-16H,2,17-20H2,1H3,(H,28,30). The molecule has 0 heterocycles. The summed E-state index contributed by atoms with van der Waals surface area (Å²) >= 11 is 0. The van der Waals surface area contributed by atoms with Gasteiger partial charge in [-0.15, -0.1) is 0 Å². The van der Waals surface area contributed by atoms with Crippen LogP contribution < -0.4 is 5.32 Å². The number of carbonyl (C=O) groups excluding carboxylic acids is 2. The van der Waals surface area contributed by atoms with E-state index in [0.29, 0.717) is 12.3 Å². The van der Waals surface area contributed by atoms with Gasteiger partial charge in [0.05, 0.1) is 23.5 Å². The smallest absolute Gasteiger partial charge is 0.316 e. The lowest BCUT2D eigenvalue weighted by molar-refractivity contribution is -0.146. The van der Waals surface area contributed by atoms with Crippen molar-refractivity contribution in [2.45, 2.75) is 36.6 Å². The summed E-state index contributed by atoms with van der Waals surface area (Å²) in [6.45, 7) is 1.83. The van der Waals surface area contributed by atoms with Crippen LogP contribution in [0.3, 0.4) is 0 Å². The van der Waals surface area contributed by atoms with Crippen molar-refractivity contribution in [1.82, 2.24) is 4.31 Å². The molecule has 1 N–H and O–H groups in total. The third-order valence-electron chi connectivity index (χ3n) is 6.04. The van der Waals surface area contributed by atoms with Crippen molar-refractivity contribution in [3.8, 4) is 0 Å². The molecule has 182 valence electrons. The predicted molar refractivity (Wildman–Crippen MR) is 133 cm³/mol. The van der Waals surface area contributed by atoms with Crippen LogP contribution in [0.2, 0.25) is 0 Å². The molecule has 0 saturated heterocycles. The minimum absolute atomic E-state index is 0.0620. The van der Waals surface area contributed by atoms with E-state index in [1.54, 1.807) is 37.3 Å². The third-order valence-corrected chi connectivity index (χ3v) is 7.85. The highest BCUT2D eigenvalue weighted by Crippen LogP contribution is 2.49. The Morgan fingerprint density at radius 1 is 0.914 bits per heavy atom. The number of hydrogen-bond donors (Lipinski definition) is 1.